The highest BCUT2D eigenvalue weighted by Crippen LogP contribution is 2.21. The van der Waals surface area contributed by atoms with E-state index in [-0.39, 0.29) is 0 Å². The molecule has 0 fully saturated rings. The maximum Gasteiger partial charge on any atom is 0.0815 e. The van der Waals surface area contributed by atoms with E-state index in [0.29, 0.717) is 22.3 Å². The van der Waals surface area contributed by atoms with Gasteiger partial charge in [-0.25, -0.2) is 0 Å². The first-order valence-corrected chi connectivity index (χ1v) is 5.55. The number of benzene rings is 1. The van der Waals surface area contributed by atoms with Gasteiger partial charge in [0.25, 0.3) is 0 Å². The van der Waals surface area contributed by atoms with Crippen molar-refractivity contribution in [3.05, 3.63) is 45.7 Å². The summed E-state index contributed by atoms with van der Waals surface area (Å²) in [6.07, 6.45) is 1.62. The number of nitrogen functional groups attached to an aromatic ring is 1. The molecule has 1 aromatic carbocycles. The van der Waals surface area contributed by atoms with Crippen LogP contribution in [0.4, 0.5) is 5.69 Å². The largest absolute Gasteiger partial charge is 0.399 e. The van der Waals surface area contributed by atoms with Crippen molar-refractivity contribution in [1.82, 2.24) is 9.78 Å². The van der Waals surface area contributed by atoms with Crippen LogP contribution in [0.25, 0.3) is 0 Å². The number of aromatic nitrogens is 2. The Labute approximate surface area is 104 Å². The Kier molecular flexibility index (Phi) is 3.08. The summed E-state index contributed by atoms with van der Waals surface area (Å²) in [5, 5.41) is 5.50. The van der Waals surface area contributed by atoms with Gasteiger partial charge in [0.2, 0.25) is 0 Å². The summed E-state index contributed by atoms with van der Waals surface area (Å²) in [7, 11) is 0. The number of halogens is 2. The van der Waals surface area contributed by atoms with Crippen LogP contribution in [0, 0.1) is 6.92 Å². The van der Waals surface area contributed by atoms with Crippen LogP contribution >= 0.6 is 23.2 Å². The van der Waals surface area contributed by atoms with Crippen molar-refractivity contribution < 1.29 is 0 Å². The van der Waals surface area contributed by atoms with Gasteiger partial charge in [-0.05, 0) is 30.7 Å². The molecule has 1 aromatic heterocycles. The zero-order chi connectivity index (χ0) is 11.7. The van der Waals surface area contributed by atoms with E-state index in [1.54, 1.807) is 23.0 Å². The van der Waals surface area contributed by atoms with E-state index in [2.05, 4.69) is 5.10 Å². The lowest BCUT2D eigenvalue weighted by atomic mass is 10.2. The molecule has 2 N–H and O–H groups in total. The average Bonchev–Trinajstić information content (AvgIpc) is 2.55. The van der Waals surface area contributed by atoms with E-state index in [4.69, 9.17) is 28.9 Å². The molecule has 1 heterocycles. The fourth-order valence-electron chi connectivity index (χ4n) is 1.46. The lowest BCUT2D eigenvalue weighted by Gasteiger charge is -2.07. The number of anilines is 1. The van der Waals surface area contributed by atoms with Crippen LogP contribution in [-0.4, -0.2) is 9.78 Å². The van der Waals surface area contributed by atoms with Crippen molar-refractivity contribution in [1.29, 1.82) is 0 Å². The summed E-state index contributed by atoms with van der Waals surface area (Å²) in [4.78, 5) is 0. The fraction of sp³-hybridized carbons (Fsp3) is 0.182. The SMILES string of the molecule is Cc1c(Cl)cnn1Cc1cc(N)ccc1Cl. The highest BCUT2D eigenvalue weighted by atomic mass is 35.5. The molecule has 0 radical (unpaired) electrons. The molecule has 2 aromatic rings. The zero-order valence-corrected chi connectivity index (χ0v) is 10.3. The van der Waals surface area contributed by atoms with Crippen LogP contribution in [0.5, 0.6) is 0 Å². The summed E-state index contributed by atoms with van der Waals surface area (Å²) < 4.78 is 1.79. The van der Waals surface area contributed by atoms with Gasteiger partial charge in [-0.2, -0.15) is 5.10 Å². The van der Waals surface area contributed by atoms with E-state index < -0.39 is 0 Å². The molecule has 0 aliphatic rings. The Morgan fingerprint density at radius 3 is 2.69 bits per heavy atom. The molecule has 0 amide bonds. The van der Waals surface area contributed by atoms with Gasteiger partial charge in [-0.3, -0.25) is 4.68 Å². The second kappa shape index (κ2) is 4.36. The van der Waals surface area contributed by atoms with E-state index in [9.17, 15) is 0 Å². The van der Waals surface area contributed by atoms with Crippen LogP contribution in [0.1, 0.15) is 11.3 Å². The lowest BCUT2D eigenvalue weighted by molar-refractivity contribution is 0.665. The fourth-order valence-corrected chi connectivity index (χ4v) is 1.78. The van der Waals surface area contributed by atoms with Crippen molar-refractivity contribution in [2.75, 3.05) is 5.73 Å². The van der Waals surface area contributed by atoms with Crippen molar-refractivity contribution in [2.24, 2.45) is 0 Å². The Bertz CT molecular complexity index is 520. The Morgan fingerprint density at radius 2 is 2.06 bits per heavy atom. The molecule has 0 saturated heterocycles. The van der Waals surface area contributed by atoms with Crippen LogP contribution < -0.4 is 5.73 Å². The minimum Gasteiger partial charge on any atom is -0.399 e. The Morgan fingerprint density at radius 1 is 1.31 bits per heavy atom. The van der Waals surface area contributed by atoms with Gasteiger partial charge < -0.3 is 5.73 Å². The second-order valence-electron chi connectivity index (χ2n) is 3.59. The summed E-state index contributed by atoms with van der Waals surface area (Å²) in [6.45, 7) is 2.48. The zero-order valence-electron chi connectivity index (χ0n) is 8.74. The van der Waals surface area contributed by atoms with Crippen LogP contribution in [-0.2, 0) is 6.54 Å². The number of hydrogen-bond acceptors (Lipinski definition) is 2. The predicted octanol–water partition coefficient (Wildman–Crippen LogP) is 3.13. The molecule has 0 spiro atoms. The highest BCUT2D eigenvalue weighted by molar-refractivity contribution is 6.31. The molecule has 0 aliphatic carbocycles. The summed E-state index contributed by atoms with van der Waals surface area (Å²) >= 11 is 12.0. The molecule has 0 bridgehead atoms. The molecule has 2 rings (SSSR count). The van der Waals surface area contributed by atoms with Crippen LogP contribution in [0.3, 0.4) is 0 Å². The van der Waals surface area contributed by atoms with E-state index >= 15 is 0 Å². The van der Waals surface area contributed by atoms with Gasteiger partial charge in [0.1, 0.15) is 0 Å². The first-order valence-electron chi connectivity index (χ1n) is 4.79. The normalized spacial score (nSPS) is 10.7. The number of nitrogens with two attached hydrogens (primary N) is 1. The van der Waals surface area contributed by atoms with E-state index in [0.717, 1.165) is 11.3 Å². The molecule has 0 atom stereocenters. The first kappa shape index (κ1) is 11.3. The summed E-state index contributed by atoms with van der Waals surface area (Å²) in [6, 6.07) is 5.40. The minimum atomic E-state index is 0.572. The van der Waals surface area contributed by atoms with Crippen molar-refractivity contribution in [3.8, 4) is 0 Å². The van der Waals surface area contributed by atoms with E-state index in [1.165, 1.54) is 0 Å². The molecular weight excluding hydrogens is 245 g/mol. The van der Waals surface area contributed by atoms with E-state index in [1.807, 2.05) is 13.0 Å². The first-order chi connectivity index (χ1) is 7.58. The molecule has 16 heavy (non-hydrogen) atoms. The quantitative estimate of drug-likeness (QED) is 0.839. The topological polar surface area (TPSA) is 43.8 Å². The van der Waals surface area contributed by atoms with Gasteiger partial charge >= 0.3 is 0 Å². The van der Waals surface area contributed by atoms with Crippen molar-refractivity contribution in [3.63, 3.8) is 0 Å². The van der Waals surface area contributed by atoms with Crippen molar-refractivity contribution in [2.45, 2.75) is 13.5 Å². The second-order valence-corrected chi connectivity index (χ2v) is 4.40. The standard InChI is InChI=1S/C11H11Cl2N3/c1-7-11(13)5-15-16(7)6-8-4-9(14)2-3-10(8)12/h2-5H,6,14H2,1H3. The number of rotatable bonds is 2. The third-order valence-corrected chi connectivity index (χ3v) is 3.17. The van der Waals surface area contributed by atoms with Crippen LogP contribution in [0.15, 0.2) is 24.4 Å². The molecule has 84 valence electrons. The monoisotopic (exact) mass is 255 g/mol. The Hall–Kier alpha value is -1.19. The van der Waals surface area contributed by atoms with Crippen molar-refractivity contribution >= 4 is 28.9 Å². The minimum absolute atomic E-state index is 0.572. The molecule has 0 saturated carbocycles. The molecule has 0 unspecified atom stereocenters. The average molecular weight is 256 g/mol. The van der Waals surface area contributed by atoms with Gasteiger partial charge in [0, 0.05) is 10.7 Å². The maximum absolute atomic E-state index is 6.08. The highest BCUT2D eigenvalue weighted by Gasteiger charge is 2.07. The molecule has 3 nitrogen and oxygen atoms in total. The van der Waals surface area contributed by atoms with Gasteiger partial charge in [-0.15, -0.1) is 0 Å². The Balaban J connectivity index is 2.33. The third kappa shape index (κ3) is 2.15. The molecule has 0 aliphatic heterocycles. The number of nitrogens with zero attached hydrogens (tertiary/aromatic N) is 2. The van der Waals surface area contributed by atoms with Crippen LogP contribution in [0.2, 0.25) is 10.0 Å². The third-order valence-electron chi connectivity index (χ3n) is 2.43. The smallest absolute Gasteiger partial charge is 0.0815 e. The summed E-state index contributed by atoms with van der Waals surface area (Å²) in [5.74, 6) is 0. The molecule has 5 heteroatoms. The maximum atomic E-state index is 6.08. The lowest BCUT2D eigenvalue weighted by Crippen LogP contribution is -2.04. The summed E-state index contributed by atoms with van der Waals surface area (Å²) in [5.41, 5.74) is 8.25. The predicted molar refractivity (Wildman–Crippen MR) is 66.9 cm³/mol. The van der Waals surface area contributed by atoms with Gasteiger partial charge in [-0.1, -0.05) is 23.2 Å². The van der Waals surface area contributed by atoms with Gasteiger partial charge in [0.15, 0.2) is 0 Å². The number of hydrogen-bond donors (Lipinski definition) is 1. The molecular formula is C11H11Cl2N3. The van der Waals surface area contributed by atoms with Gasteiger partial charge in [0.05, 0.1) is 23.5 Å².